The summed E-state index contributed by atoms with van der Waals surface area (Å²) in [6, 6.07) is 11.4. The summed E-state index contributed by atoms with van der Waals surface area (Å²) in [4.78, 5) is 15.3. The van der Waals surface area contributed by atoms with E-state index in [1.54, 1.807) is 12.1 Å². The number of halogens is 3. The summed E-state index contributed by atoms with van der Waals surface area (Å²) in [6.07, 6.45) is -3.91. The van der Waals surface area contributed by atoms with Crippen LogP contribution in [0.4, 0.5) is 13.2 Å². The maximum Gasteiger partial charge on any atom is 0.416 e. The number of aromatic carboxylic acids is 1. The molecule has 0 radical (unpaired) electrons. The van der Waals surface area contributed by atoms with Gasteiger partial charge in [-0.2, -0.15) is 13.2 Å². The zero-order valence-corrected chi connectivity index (χ0v) is 13.6. The molecule has 0 unspecified atom stereocenters. The molecule has 1 N–H and O–H groups in total. The number of aromatic nitrogens is 1. The van der Waals surface area contributed by atoms with E-state index >= 15 is 0 Å². The van der Waals surface area contributed by atoms with E-state index < -0.39 is 17.7 Å². The Morgan fingerprint density at radius 1 is 1.04 bits per heavy atom. The van der Waals surface area contributed by atoms with E-state index in [9.17, 15) is 18.0 Å². The Labute approximate surface area is 145 Å². The molecular formula is C18H12F3NO2S. The van der Waals surface area contributed by atoms with Crippen molar-refractivity contribution in [2.24, 2.45) is 0 Å². The van der Waals surface area contributed by atoms with Crippen LogP contribution in [0.3, 0.4) is 0 Å². The Morgan fingerprint density at radius 3 is 2.24 bits per heavy atom. The van der Waals surface area contributed by atoms with Crippen LogP contribution in [0, 0.1) is 0 Å². The molecule has 1 aromatic heterocycles. The molecule has 25 heavy (non-hydrogen) atoms. The molecular weight excluding hydrogens is 351 g/mol. The summed E-state index contributed by atoms with van der Waals surface area (Å²) in [6.45, 7) is 0. The standard InChI is InChI=1S/C18H12F3NO2S/c19-18(20,21)14-7-1-11(2-8-14)9-15-10-25-16(22-15)12-3-5-13(6-4-12)17(23)24/h1-8,10H,9H2,(H,23,24). The molecule has 2 aromatic carbocycles. The van der Waals surface area contributed by atoms with E-state index in [-0.39, 0.29) is 5.56 Å². The first-order valence-electron chi connectivity index (χ1n) is 7.27. The van der Waals surface area contributed by atoms with Gasteiger partial charge in [0.15, 0.2) is 0 Å². The van der Waals surface area contributed by atoms with Crippen molar-refractivity contribution >= 4 is 17.3 Å². The summed E-state index contributed by atoms with van der Waals surface area (Å²) in [5.74, 6) is -0.992. The summed E-state index contributed by atoms with van der Waals surface area (Å²) >= 11 is 1.41. The fraction of sp³-hybridized carbons (Fsp3) is 0.111. The summed E-state index contributed by atoms with van der Waals surface area (Å²) in [5.41, 5.74) is 1.82. The summed E-state index contributed by atoms with van der Waals surface area (Å²) in [7, 11) is 0. The molecule has 0 aliphatic rings. The van der Waals surface area contributed by atoms with Crippen molar-refractivity contribution in [3.05, 3.63) is 76.3 Å². The number of carboxylic acid groups (broad SMARTS) is 1. The van der Waals surface area contributed by atoms with Gasteiger partial charge in [0, 0.05) is 17.4 Å². The van der Waals surface area contributed by atoms with Gasteiger partial charge in [0.1, 0.15) is 5.01 Å². The molecule has 7 heteroatoms. The molecule has 0 fully saturated rings. The van der Waals surface area contributed by atoms with Crippen LogP contribution in [-0.2, 0) is 12.6 Å². The smallest absolute Gasteiger partial charge is 0.416 e. The number of carboxylic acids is 1. The maximum atomic E-state index is 12.6. The predicted molar refractivity (Wildman–Crippen MR) is 88.8 cm³/mol. The first-order chi connectivity index (χ1) is 11.8. The Balaban J connectivity index is 1.74. The van der Waals surface area contributed by atoms with Crippen LogP contribution < -0.4 is 0 Å². The van der Waals surface area contributed by atoms with Gasteiger partial charge in [-0.25, -0.2) is 9.78 Å². The van der Waals surface area contributed by atoms with Crippen LogP contribution >= 0.6 is 11.3 Å². The fourth-order valence-corrected chi connectivity index (χ4v) is 3.12. The van der Waals surface area contributed by atoms with Gasteiger partial charge in [-0.05, 0) is 29.8 Å². The fourth-order valence-electron chi connectivity index (χ4n) is 2.30. The average Bonchev–Trinajstić information content (AvgIpc) is 3.03. The molecule has 0 aliphatic heterocycles. The average molecular weight is 363 g/mol. The minimum atomic E-state index is -4.34. The lowest BCUT2D eigenvalue weighted by molar-refractivity contribution is -0.137. The first kappa shape index (κ1) is 17.2. The Kier molecular flexibility index (Phi) is 4.59. The second-order valence-corrected chi connectivity index (χ2v) is 6.26. The van der Waals surface area contributed by atoms with Gasteiger partial charge in [-0.15, -0.1) is 11.3 Å². The zero-order valence-electron chi connectivity index (χ0n) is 12.7. The lowest BCUT2D eigenvalue weighted by Gasteiger charge is -2.06. The molecule has 1 heterocycles. The Morgan fingerprint density at radius 2 is 1.68 bits per heavy atom. The van der Waals surface area contributed by atoms with Crippen molar-refractivity contribution in [1.29, 1.82) is 0 Å². The minimum absolute atomic E-state index is 0.199. The molecule has 0 bridgehead atoms. The van der Waals surface area contributed by atoms with Gasteiger partial charge in [0.2, 0.25) is 0 Å². The van der Waals surface area contributed by atoms with Crippen LogP contribution in [-0.4, -0.2) is 16.1 Å². The Hall–Kier alpha value is -2.67. The van der Waals surface area contributed by atoms with Crippen LogP contribution in [0.25, 0.3) is 10.6 Å². The summed E-state index contributed by atoms with van der Waals surface area (Å²) in [5, 5.41) is 11.5. The maximum absolute atomic E-state index is 12.6. The molecule has 3 aromatic rings. The number of hydrogen-bond acceptors (Lipinski definition) is 3. The molecule has 0 aliphatic carbocycles. The van der Waals surface area contributed by atoms with Crippen LogP contribution in [0.5, 0.6) is 0 Å². The molecule has 128 valence electrons. The van der Waals surface area contributed by atoms with Crippen LogP contribution in [0.2, 0.25) is 0 Å². The normalized spacial score (nSPS) is 11.5. The largest absolute Gasteiger partial charge is 0.478 e. The highest BCUT2D eigenvalue weighted by molar-refractivity contribution is 7.13. The SMILES string of the molecule is O=C(O)c1ccc(-c2nc(Cc3ccc(C(F)(F)F)cc3)cs2)cc1. The van der Waals surface area contributed by atoms with Crippen molar-refractivity contribution in [3.8, 4) is 10.6 Å². The number of rotatable bonds is 4. The zero-order chi connectivity index (χ0) is 18.0. The van der Waals surface area contributed by atoms with Crippen molar-refractivity contribution < 1.29 is 23.1 Å². The molecule has 0 saturated carbocycles. The highest BCUT2D eigenvalue weighted by Crippen LogP contribution is 2.30. The van der Waals surface area contributed by atoms with Gasteiger partial charge in [-0.3, -0.25) is 0 Å². The monoisotopic (exact) mass is 363 g/mol. The minimum Gasteiger partial charge on any atom is -0.478 e. The highest BCUT2D eigenvalue weighted by atomic mass is 32.1. The first-order valence-corrected chi connectivity index (χ1v) is 8.15. The Bertz CT molecular complexity index is 884. The molecule has 0 spiro atoms. The van der Waals surface area contributed by atoms with E-state index in [0.29, 0.717) is 6.42 Å². The number of carbonyl (C=O) groups is 1. The van der Waals surface area contributed by atoms with Gasteiger partial charge in [0.05, 0.1) is 16.8 Å². The number of nitrogens with zero attached hydrogens (tertiary/aromatic N) is 1. The molecule has 3 rings (SSSR count). The number of hydrogen-bond donors (Lipinski definition) is 1. The quantitative estimate of drug-likeness (QED) is 0.700. The lowest BCUT2D eigenvalue weighted by Crippen LogP contribution is -2.04. The molecule has 0 amide bonds. The van der Waals surface area contributed by atoms with Crippen molar-refractivity contribution in [3.63, 3.8) is 0 Å². The topological polar surface area (TPSA) is 50.2 Å². The lowest BCUT2D eigenvalue weighted by atomic mass is 10.1. The molecule has 3 nitrogen and oxygen atoms in total. The number of alkyl halides is 3. The van der Waals surface area contributed by atoms with Crippen molar-refractivity contribution in [2.75, 3.05) is 0 Å². The van der Waals surface area contributed by atoms with E-state index in [2.05, 4.69) is 4.98 Å². The van der Waals surface area contributed by atoms with E-state index in [1.165, 1.54) is 35.6 Å². The van der Waals surface area contributed by atoms with Gasteiger partial charge >= 0.3 is 12.1 Å². The van der Waals surface area contributed by atoms with Gasteiger partial charge in [-0.1, -0.05) is 24.3 Å². The van der Waals surface area contributed by atoms with Crippen molar-refractivity contribution in [1.82, 2.24) is 4.98 Å². The highest BCUT2D eigenvalue weighted by Gasteiger charge is 2.29. The van der Waals surface area contributed by atoms with E-state index in [4.69, 9.17) is 5.11 Å². The van der Waals surface area contributed by atoms with E-state index in [1.807, 2.05) is 5.38 Å². The van der Waals surface area contributed by atoms with Crippen LogP contribution in [0.15, 0.2) is 53.9 Å². The number of thiazole rings is 1. The van der Waals surface area contributed by atoms with Gasteiger partial charge < -0.3 is 5.11 Å². The number of benzene rings is 2. The molecule has 0 saturated heterocycles. The summed E-state index contributed by atoms with van der Waals surface area (Å²) < 4.78 is 37.7. The van der Waals surface area contributed by atoms with E-state index in [0.717, 1.165) is 34.0 Å². The van der Waals surface area contributed by atoms with Crippen LogP contribution in [0.1, 0.15) is 27.2 Å². The predicted octanol–water partition coefficient (Wildman–Crippen LogP) is 5.12. The third-order valence-corrected chi connectivity index (χ3v) is 4.54. The van der Waals surface area contributed by atoms with Gasteiger partial charge in [0.25, 0.3) is 0 Å². The second kappa shape index (κ2) is 6.68. The van der Waals surface area contributed by atoms with Crippen molar-refractivity contribution in [2.45, 2.75) is 12.6 Å². The second-order valence-electron chi connectivity index (χ2n) is 5.40. The third kappa shape index (κ3) is 4.06. The molecule has 0 atom stereocenters. The third-order valence-electron chi connectivity index (χ3n) is 3.60.